The van der Waals surface area contributed by atoms with Crippen LogP contribution in [0.25, 0.3) is 11.3 Å². The molecule has 3 rings (SSSR count). The van der Waals surface area contributed by atoms with Crippen LogP contribution in [-0.4, -0.2) is 35.3 Å². The van der Waals surface area contributed by atoms with Gasteiger partial charge >= 0.3 is 12.1 Å². The third-order valence-corrected chi connectivity index (χ3v) is 4.70. The zero-order valence-corrected chi connectivity index (χ0v) is 18.0. The lowest BCUT2D eigenvalue weighted by molar-refractivity contribution is -0.204. The van der Waals surface area contributed by atoms with Gasteiger partial charge in [0.05, 0.1) is 18.8 Å². The molecule has 0 saturated carbocycles. The van der Waals surface area contributed by atoms with E-state index in [9.17, 15) is 18.0 Å². The summed E-state index contributed by atoms with van der Waals surface area (Å²) in [6, 6.07) is 17.3. The van der Waals surface area contributed by atoms with Gasteiger partial charge in [0.25, 0.3) is 0 Å². The zero-order chi connectivity index (χ0) is 23.7. The highest BCUT2D eigenvalue weighted by Crippen LogP contribution is 2.26. The van der Waals surface area contributed by atoms with Crippen LogP contribution in [0.4, 0.5) is 19.0 Å². The Morgan fingerprint density at radius 2 is 1.79 bits per heavy atom. The second-order valence-electron chi connectivity index (χ2n) is 7.20. The number of hydrogen-bond donors (Lipinski definition) is 1. The van der Waals surface area contributed by atoms with E-state index in [-0.39, 0.29) is 6.54 Å². The maximum atomic E-state index is 12.7. The van der Waals surface area contributed by atoms with Gasteiger partial charge in [-0.2, -0.15) is 13.2 Å². The maximum absolute atomic E-state index is 12.7. The van der Waals surface area contributed by atoms with Crippen LogP contribution in [0.1, 0.15) is 31.4 Å². The van der Waals surface area contributed by atoms with Crippen molar-refractivity contribution in [2.45, 2.75) is 32.0 Å². The SMILES string of the molecule is CCCCOc1ccc(-c2cc(NC[C@H](OC(=O)C(F)(F)F)c3ccccc3)ncn2)cc1. The molecule has 1 aromatic heterocycles. The van der Waals surface area contributed by atoms with E-state index in [1.165, 1.54) is 6.33 Å². The number of aromatic nitrogens is 2. The first-order chi connectivity index (χ1) is 15.9. The van der Waals surface area contributed by atoms with Gasteiger partial charge in [0.2, 0.25) is 0 Å². The van der Waals surface area contributed by atoms with Gasteiger partial charge in [-0.3, -0.25) is 0 Å². The van der Waals surface area contributed by atoms with E-state index in [4.69, 9.17) is 9.47 Å². The number of alkyl halides is 3. The molecule has 0 amide bonds. The fourth-order valence-electron chi connectivity index (χ4n) is 2.96. The molecule has 0 aliphatic rings. The highest BCUT2D eigenvalue weighted by Gasteiger charge is 2.42. The van der Waals surface area contributed by atoms with Crippen molar-refractivity contribution in [3.05, 3.63) is 72.6 Å². The summed E-state index contributed by atoms with van der Waals surface area (Å²) in [7, 11) is 0. The van der Waals surface area contributed by atoms with Crippen LogP contribution < -0.4 is 10.1 Å². The predicted molar refractivity (Wildman–Crippen MR) is 118 cm³/mol. The Balaban J connectivity index is 1.69. The van der Waals surface area contributed by atoms with Gasteiger partial charge in [0, 0.05) is 11.6 Å². The molecule has 0 spiro atoms. The number of benzene rings is 2. The topological polar surface area (TPSA) is 73.3 Å². The predicted octanol–water partition coefficient (Wildman–Crippen LogP) is 5.58. The molecule has 1 N–H and O–H groups in total. The lowest BCUT2D eigenvalue weighted by Gasteiger charge is -2.20. The van der Waals surface area contributed by atoms with Crippen LogP contribution in [0.2, 0.25) is 0 Å². The van der Waals surface area contributed by atoms with Gasteiger partial charge in [0.1, 0.15) is 24.0 Å². The summed E-state index contributed by atoms with van der Waals surface area (Å²) in [5.41, 5.74) is 1.87. The first kappa shape index (κ1) is 24.0. The van der Waals surface area contributed by atoms with Crippen LogP contribution in [0.15, 0.2) is 67.0 Å². The summed E-state index contributed by atoms with van der Waals surface area (Å²) in [6.07, 6.45) is -2.86. The number of anilines is 1. The number of nitrogens with one attached hydrogen (secondary N) is 1. The van der Waals surface area contributed by atoms with Crippen LogP contribution in [0, 0.1) is 0 Å². The quantitative estimate of drug-likeness (QED) is 0.315. The van der Waals surface area contributed by atoms with Gasteiger partial charge in [-0.15, -0.1) is 0 Å². The number of esters is 1. The Hall–Kier alpha value is -3.62. The minimum Gasteiger partial charge on any atom is -0.494 e. The van der Waals surface area contributed by atoms with E-state index < -0.39 is 18.2 Å². The molecule has 0 unspecified atom stereocenters. The summed E-state index contributed by atoms with van der Waals surface area (Å²) in [6.45, 7) is 2.64. The van der Waals surface area contributed by atoms with E-state index in [2.05, 4.69) is 22.2 Å². The fraction of sp³-hybridized carbons (Fsp3) is 0.292. The molecule has 0 aliphatic heterocycles. The molecule has 0 radical (unpaired) electrons. The molecule has 6 nitrogen and oxygen atoms in total. The molecule has 0 aliphatic carbocycles. The van der Waals surface area contributed by atoms with Gasteiger partial charge < -0.3 is 14.8 Å². The van der Waals surface area contributed by atoms with E-state index in [1.807, 2.05) is 24.3 Å². The van der Waals surface area contributed by atoms with Gasteiger partial charge in [-0.1, -0.05) is 43.7 Å². The summed E-state index contributed by atoms with van der Waals surface area (Å²) < 4.78 is 48.5. The van der Waals surface area contributed by atoms with E-state index in [0.29, 0.717) is 23.7 Å². The fourth-order valence-corrected chi connectivity index (χ4v) is 2.96. The number of halogens is 3. The number of rotatable bonds is 10. The second kappa shape index (κ2) is 11.3. The molecule has 1 heterocycles. The molecule has 9 heteroatoms. The van der Waals surface area contributed by atoms with Crippen molar-refractivity contribution < 1.29 is 27.4 Å². The number of unbranched alkanes of at least 4 members (excludes halogenated alkanes) is 1. The number of ether oxygens (including phenoxy) is 2. The molecule has 174 valence electrons. The highest BCUT2D eigenvalue weighted by molar-refractivity contribution is 5.76. The Morgan fingerprint density at radius 3 is 2.45 bits per heavy atom. The standard InChI is InChI=1S/C24H24F3N3O3/c1-2-3-13-32-19-11-9-17(10-12-19)20-14-22(30-16-29-20)28-15-21(18-7-5-4-6-8-18)33-23(31)24(25,26)27/h4-12,14,16,21H,2-3,13,15H2,1H3,(H,28,29,30)/t21-/m0/s1. The third-order valence-electron chi connectivity index (χ3n) is 4.70. The summed E-state index contributed by atoms with van der Waals surface area (Å²) >= 11 is 0. The van der Waals surface area contributed by atoms with Crippen LogP contribution in [0.5, 0.6) is 5.75 Å². The molecule has 33 heavy (non-hydrogen) atoms. The first-order valence-electron chi connectivity index (χ1n) is 10.5. The minimum atomic E-state index is -5.08. The summed E-state index contributed by atoms with van der Waals surface area (Å²) in [5.74, 6) is -1.10. The van der Waals surface area contributed by atoms with Crippen LogP contribution in [-0.2, 0) is 9.53 Å². The second-order valence-corrected chi connectivity index (χ2v) is 7.20. The van der Waals surface area contributed by atoms with Crippen molar-refractivity contribution in [3.8, 4) is 17.0 Å². The van der Waals surface area contributed by atoms with Gasteiger partial charge in [0.15, 0.2) is 0 Å². The molecular formula is C24H24F3N3O3. The summed E-state index contributed by atoms with van der Waals surface area (Å²) in [4.78, 5) is 19.8. The Bertz CT molecular complexity index is 1030. The Kier molecular flexibility index (Phi) is 8.23. The maximum Gasteiger partial charge on any atom is 0.490 e. The van der Waals surface area contributed by atoms with Crippen molar-refractivity contribution >= 4 is 11.8 Å². The van der Waals surface area contributed by atoms with E-state index in [0.717, 1.165) is 24.2 Å². The molecule has 0 fully saturated rings. The van der Waals surface area contributed by atoms with Crippen molar-refractivity contribution in [3.63, 3.8) is 0 Å². The van der Waals surface area contributed by atoms with Gasteiger partial charge in [-0.05, 0) is 36.2 Å². The van der Waals surface area contributed by atoms with E-state index in [1.54, 1.807) is 36.4 Å². The molecule has 2 aromatic carbocycles. The average Bonchev–Trinajstić information content (AvgIpc) is 2.82. The van der Waals surface area contributed by atoms with E-state index >= 15 is 0 Å². The van der Waals surface area contributed by atoms with Crippen LogP contribution in [0.3, 0.4) is 0 Å². The minimum absolute atomic E-state index is 0.105. The van der Waals surface area contributed by atoms with Crippen LogP contribution >= 0.6 is 0 Å². The molecular weight excluding hydrogens is 435 g/mol. The highest BCUT2D eigenvalue weighted by atomic mass is 19.4. The van der Waals surface area contributed by atoms with Crippen molar-refractivity contribution in [1.29, 1.82) is 0 Å². The Morgan fingerprint density at radius 1 is 1.06 bits per heavy atom. The lowest BCUT2D eigenvalue weighted by atomic mass is 10.1. The monoisotopic (exact) mass is 459 g/mol. The van der Waals surface area contributed by atoms with Crippen molar-refractivity contribution in [1.82, 2.24) is 9.97 Å². The molecule has 1 atom stereocenters. The van der Waals surface area contributed by atoms with Crippen molar-refractivity contribution in [2.24, 2.45) is 0 Å². The number of hydrogen-bond acceptors (Lipinski definition) is 6. The number of carbonyl (C=O) groups is 1. The zero-order valence-electron chi connectivity index (χ0n) is 18.0. The average molecular weight is 459 g/mol. The smallest absolute Gasteiger partial charge is 0.490 e. The van der Waals surface area contributed by atoms with Crippen molar-refractivity contribution in [2.75, 3.05) is 18.5 Å². The van der Waals surface area contributed by atoms with Gasteiger partial charge in [-0.25, -0.2) is 14.8 Å². The number of nitrogens with zero attached hydrogens (tertiary/aromatic N) is 2. The first-order valence-corrected chi connectivity index (χ1v) is 10.5. The molecule has 0 bridgehead atoms. The molecule has 3 aromatic rings. The summed E-state index contributed by atoms with van der Waals surface area (Å²) in [5, 5.41) is 2.94. The lowest BCUT2D eigenvalue weighted by Crippen LogP contribution is -2.29. The third kappa shape index (κ3) is 7.20. The number of carbonyl (C=O) groups excluding carboxylic acids is 1. The Labute approximate surface area is 189 Å². The molecule has 0 saturated heterocycles. The largest absolute Gasteiger partial charge is 0.494 e. The normalized spacial score (nSPS) is 12.1.